The van der Waals surface area contributed by atoms with Crippen LogP contribution in [0.25, 0.3) is 5.57 Å². The van der Waals surface area contributed by atoms with E-state index in [0.29, 0.717) is 0 Å². The third kappa shape index (κ3) is 2.38. The molecule has 1 heterocycles. The van der Waals surface area contributed by atoms with Crippen molar-refractivity contribution < 1.29 is 0 Å². The molecule has 0 atom stereocenters. The Labute approximate surface area is 106 Å². The highest BCUT2D eigenvalue weighted by molar-refractivity contribution is 9.10. The number of hydrogen-bond acceptors (Lipinski definition) is 1. The molecule has 16 heavy (non-hydrogen) atoms. The third-order valence-corrected chi connectivity index (χ3v) is 3.75. The second kappa shape index (κ2) is 5.15. The van der Waals surface area contributed by atoms with Crippen LogP contribution in [0.3, 0.4) is 0 Å². The van der Waals surface area contributed by atoms with Crippen LogP contribution in [0.2, 0.25) is 0 Å². The van der Waals surface area contributed by atoms with Gasteiger partial charge in [-0.15, -0.1) is 0 Å². The summed E-state index contributed by atoms with van der Waals surface area (Å²) in [6, 6.07) is 6.60. The van der Waals surface area contributed by atoms with Gasteiger partial charge in [0.2, 0.25) is 0 Å². The maximum absolute atomic E-state index is 3.52. The molecule has 1 aliphatic heterocycles. The summed E-state index contributed by atoms with van der Waals surface area (Å²) in [5.41, 5.74) is 5.93. The largest absolute Gasteiger partial charge is 0.313 e. The van der Waals surface area contributed by atoms with E-state index in [1.54, 1.807) is 11.1 Å². The molecule has 1 aliphatic rings. The number of hydrogen-bond donors (Lipinski definition) is 1. The summed E-state index contributed by atoms with van der Waals surface area (Å²) in [5.74, 6) is 0. The quantitative estimate of drug-likeness (QED) is 0.866. The van der Waals surface area contributed by atoms with Crippen molar-refractivity contribution >= 4 is 21.5 Å². The maximum Gasteiger partial charge on any atom is 0.0178 e. The predicted octanol–water partition coefficient (Wildman–Crippen LogP) is 3.91. The van der Waals surface area contributed by atoms with Gasteiger partial charge in [-0.3, -0.25) is 0 Å². The first-order valence-electron chi connectivity index (χ1n) is 5.90. The van der Waals surface area contributed by atoms with Crippen LogP contribution < -0.4 is 5.32 Å². The molecule has 86 valence electrons. The van der Waals surface area contributed by atoms with Crippen molar-refractivity contribution in [3.63, 3.8) is 0 Å². The fourth-order valence-corrected chi connectivity index (χ4v) is 2.84. The van der Waals surface area contributed by atoms with Gasteiger partial charge in [-0.25, -0.2) is 0 Å². The molecule has 0 unspecified atom stereocenters. The van der Waals surface area contributed by atoms with E-state index >= 15 is 0 Å². The molecule has 0 amide bonds. The molecule has 2 heteroatoms. The molecule has 0 radical (unpaired) electrons. The maximum atomic E-state index is 3.52. The summed E-state index contributed by atoms with van der Waals surface area (Å²) in [5, 5.41) is 3.45. The van der Waals surface area contributed by atoms with Gasteiger partial charge >= 0.3 is 0 Å². The Hall–Kier alpha value is -0.600. The molecule has 0 saturated carbocycles. The van der Waals surface area contributed by atoms with E-state index in [2.05, 4.69) is 53.3 Å². The van der Waals surface area contributed by atoms with Crippen LogP contribution >= 0.6 is 15.9 Å². The van der Waals surface area contributed by atoms with Crippen molar-refractivity contribution in [1.82, 2.24) is 5.32 Å². The molecule has 1 N–H and O–H groups in total. The molecule has 1 nitrogen and oxygen atoms in total. The molecule has 0 bridgehead atoms. The summed E-state index contributed by atoms with van der Waals surface area (Å²) in [4.78, 5) is 0. The molecular weight excluding hydrogens is 262 g/mol. The van der Waals surface area contributed by atoms with Crippen LogP contribution in [0.4, 0.5) is 0 Å². The molecule has 0 spiro atoms. The highest BCUT2D eigenvalue weighted by Gasteiger charge is 2.14. The van der Waals surface area contributed by atoms with Crippen LogP contribution in [-0.4, -0.2) is 13.1 Å². The van der Waals surface area contributed by atoms with Gasteiger partial charge in [0.15, 0.2) is 0 Å². The van der Waals surface area contributed by atoms with Crippen molar-refractivity contribution in [3.05, 3.63) is 39.4 Å². The van der Waals surface area contributed by atoms with Crippen molar-refractivity contribution in [2.24, 2.45) is 0 Å². The average Bonchev–Trinajstić information content (AvgIpc) is 2.29. The van der Waals surface area contributed by atoms with E-state index in [0.717, 1.165) is 25.9 Å². The third-order valence-electron chi connectivity index (χ3n) is 3.26. The number of aryl methyl sites for hydroxylation is 1. The summed E-state index contributed by atoms with van der Waals surface area (Å²) < 4.78 is 1.17. The molecule has 0 aromatic heterocycles. The zero-order valence-corrected chi connectivity index (χ0v) is 11.5. The molecule has 0 fully saturated rings. The van der Waals surface area contributed by atoms with E-state index in [1.807, 2.05) is 0 Å². The van der Waals surface area contributed by atoms with Gasteiger partial charge in [0.05, 0.1) is 0 Å². The lowest BCUT2D eigenvalue weighted by Gasteiger charge is -2.22. The summed E-state index contributed by atoms with van der Waals surface area (Å²) in [6.07, 6.45) is 2.31. The zero-order valence-electron chi connectivity index (χ0n) is 9.94. The van der Waals surface area contributed by atoms with E-state index in [-0.39, 0.29) is 0 Å². The fourth-order valence-electron chi connectivity index (χ4n) is 2.37. The average molecular weight is 280 g/mol. The van der Waals surface area contributed by atoms with Crippen molar-refractivity contribution in [3.8, 4) is 0 Å². The van der Waals surface area contributed by atoms with Crippen LogP contribution in [-0.2, 0) is 0 Å². The van der Waals surface area contributed by atoms with Gasteiger partial charge in [0.1, 0.15) is 0 Å². The lowest BCUT2D eigenvalue weighted by Crippen LogP contribution is -2.24. The van der Waals surface area contributed by atoms with Crippen molar-refractivity contribution in [2.75, 3.05) is 13.1 Å². The first kappa shape index (κ1) is 11.9. The minimum atomic E-state index is 1.06. The van der Waals surface area contributed by atoms with Gasteiger partial charge < -0.3 is 5.32 Å². The normalized spacial score (nSPS) is 16.7. The monoisotopic (exact) mass is 279 g/mol. The van der Waals surface area contributed by atoms with E-state index < -0.39 is 0 Å². The first-order chi connectivity index (χ1) is 7.72. The number of benzene rings is 1. The van der Waals surface area contributed by atoms with Crippen LogP contribution in [0, 0.1) is 6.92 Å². The number of nitrogens with one attached hydrogen (secondary N) is 1. The predicted molar refractivity (Wildman–Crippen MR) is 73.6 cm³/mol. The van der Waals surface area contributed by atoms with Crippen LogP contribution in [0.5, 0.6) is 0 Å². The Bertz CT molecular complexity index is 421. The standard InChI is InChI=1S/C14H18BrN/c1-3-11-9-16-7-6-14(11)13-5-4-12(15)8-10(13)2/h4-5,8,16H,3,6-7,9H2,1-2H3. The minimum absolute atomic E-state index is 1.06. The van der Waals surface area contributed by atoms with Crippen molar-refractivity contribution in [1.29, 1.82) is 0 Å². The summed E-state index contributed by atoms with van der Waals surface area (Å²) in [7, 11) is 0. The van der Waals surface area contributed by atoms with Gasteiger partial charge in [-0.2, -0.15) is 0 Å². The second-order valence-corrected chi connectivity index (χ2v) is 5.24. The van der Waals surface area contributed by atoms with E-state index in [9.17, 15) is 0 Å². The van der Waals surface area contributed by atoms with E-state index in [1.165, 1.54) is 15.6 Å². The lowest BCUT2D eigenvalue weighted by molar-refractivity contribution is 0.698. The number of halogens is 1. The Morgan fingerprint density at radius 3 is 2.88 bits per heavy atom. The van der Waals surface area contributed by atoms with Crippen LogP contribution in [0.15, 0.2) is 28.2 Å². The Kier molecular flexibility index (Phi) is 3.82. The van der Waals surface area contributed by atoms with Gasteiger partial charge in [-0.05, 0) is 55.1 Å². The van der Waals surface area contributed by atoms with Crippen LogP contribution in [0.1, 0.15) is 30.9 Å². The van der Waals surface area contributed by atoms with Gasteiger partial charge in [0.25, 0.3) is 0 Å². The highest BCUT2D eigenvalue weighted by Crippen LogP contribution is 2.29. The Morgan fingerprint density at radius 1 is 1.38 bits per heavy atom. The molecular formula is C14H18BrN. The molecule has 1 aromatic rings. The molecule has 2 rings (SSSR count). The highest BCUT2D eigenvalue weighted by atomic mass is 79.9. The zero-order chi connectivity index (χ0) is 11.5. The van der Waals surface area contributed by atoms with E-state index in [4.69, 9.17) is 0 Å². The SMILES string of the molecule is CCC1=C(c2ccc(Br)cc2C)CCNC1. The van der Waals surface area contributed by atoms with Crippen molar-refractivity contribution in [2.45, 2.75) is 26.7 Å². The Balaban J connectivity index is 2.45. The summed E-state index contributed by atoms with van der Waals surface area (Å²) in [6.45, 7) is 6.61. The van der Waals surface area contributed by atoms with Gasteiger partial charge in [0, 0.05) is 11.0 Å². The minimum Gasteiger partial charge on any atom is -0.313 e. The van der Waals surface area contributed by atoms with Gasteiger partial charge in [-0.1, -0.05) is 34.5 Å². The molecule has 1 aromatic carbocycles. The fraction of sp³-hybridized carbons (Fsp3) is 0.429. The molecule has 0 aliphatic carbocycles. The summed E-state index contributed by atoms with van der Waals surface area (Å²) >= 11 is 3.52. The molecule has 0 saturated heterocycles. The number of rotatable bonds is 2. The Morgan fingerprint density at radius 2 is 2.19 bits per heavy atom. The lowest BCUT2D eigenvalue weighted by atomic mass is 9.90. The first-order valence-corrected chi connectivity index (χ1v) is 6.69. The topological polar surface area (TPSA) is 12.0 Å². The smallest absolute Gasteiger partial charge is 0.0178 e. The second-order valence-electron chi connectivity index (χ2n) is 4.32.